The highest BCUT2D eigenvalue weighted by Gasteiger charge is 2.27. The number of aromatic nitrogens is 1. The van der Waals surface area contributed by atoms with Crippen molar-refractivity contribution < 1.29 is 24.2 Å². The number of carbonyl (C=O) groups is 2. The molecule has 6 nitrogen and oxygen atoms in total. The molecule has 0 spiro atoms. The summed E-state index contributed by atoms with van der Waals surface area (Å²) in [6, 6.07) is 6.89. The van der Waals surface area contributed by atoms with Gasteiger partial charge in [0.05, 0.1) is 11.6 Å². The average molecular weight is 367 g/mol. The van der Waals surface area contributed by atoms with Gasteiger partial charge in [-0.1, -0.05) is 0 Å². The van der Waals surface area contributed by atoms with E-state index in [1.165, 1.54) is 0 Å². The second-order valence-electron chi connectivity index (χ2n) is 6.91. The van der Waals surface area contributed by atoms with Crippen LogP contribution >= 0.6 is 0 Å². The number of aliphatic hydroxyl groups is 1. The first-order chi connectivity index (χ1) is 13.1. The van der Waals surface area contributed by atoms with Crippen LogP contribution in [0.3, 0.4) is 0 Å². The number of Topliss-reactive ketones (excluding diaryl/α,β-unsaturated/α-hetero) is 2. The van der Waals surface area contributed by atoms with Crippen molar-refractivity contribution in [2.45, 2.75) is 38.2 Å². The van der Waals surface area contributed by atoms with Gasteiger partial charge in [0.1, 0.15) is 23.7 Å². The number of nitrogens with zero attached hydrogens (tertiary/aromatic N) is 1. The number of rotatable bonds is 4. The number of benzene rings is 1. The Morgan fingerprint density at radius 3 is 2.74 bits per heavy atom. The van der Waals surface area contributed by atoms with Crippen molar-refractivity contribution in [2.75, 3.05) is 13.2 Å². The van der Waals surface area contributed by atoms with Gasteiger partial charge in [-0.2, -0.15) is 0 Å². The fourth-order valence-electron chi connectivity index (χ4n) is 3.58. The van der Waals surface area contributed by atoms with Crippen molar-refractivity contribution in [3.05, 3.63) is 41.6 Å². The van der Waals surface area contributed by atoms with Gasteiger partial charge in [-0.05, 0) is 43.5 Å². The molecule has 1 N–H and O–H groups in total. The Morgan fingerprint density at radius 2 is 2.00 bits per heavy atom. The molecule has 1 aliphatic carbocycles. The van der Waals surface area contributed by atoms with E-state index in [0.29, 0.717) is 29.9 Å². The molecule has 1 unspecified atom stereocenters. The van der Waals surface area contributed by atoms with Crippen LogP contribution in [0.2, 0.25) is 0 Å². The van der Waals surface area contributed by atoms with Gasteiger partial charge >= 0.3 is 0 Å². The van der Waals surface area contributed by atoms with E-state index in [2.05, 4.69) is 4.98 Å². The van der Waals surface area contributed by atoms with Gasteiger partial charge < -0.3 is 14.6 Å². The zero-order valence-electron chi connectivity index (χ0n) is 14.9. The van der Waals surface area contributed by atoms with Crippen LogP contribution in [0.4, 0.5) is 0 Å². The third kappa shape index (κ3) is 3.57. The number of ether oxygens (including phenoxy) is 2. The maximum Gasteiger partial charge on any atom is 0.170 e. The molecule has 4 rings (SSSR count). The van der Waals surface area contributed by atoms with E-state index >= 15 is 0 Å². The van der Waals surface area contributed by atoms with Crippen molar-refractivity contribution >= 4 is 28.2 Å². The Hall–Kier alpha value is -2.73. The molecule has 2 aliphatic rings. The number of ketones is 2. The summed E-state index contributed by atoms with van der Waals surface area (Å²) in [5.41, 5.74) is 1.03. The first kappa shape index (κ1) is 17.7. The highest BCUT2D eigenvalue weighted by Crippen LogP contribution is 2.30. The van der Waals surface area contributed by atoms with Gasteiger partial charge in [0.25, 0.3) is 0 Å². The Labute approximate surface area is 156 Å². The third-order valence-corrected chi connectivity index (χ3v) is 5.03. The molecule has 2 heterocycles. The van der Waals surface area contributed by atoms with Crippen molar-refractivity contribution in [3.63, 3.8) is 0 Å². The molecule has 1 aliphatic heterocycles. The quantitative estimate of drug-likeness (QED) is 0.506. The van der Waals surface area contributed by atoms with E-state index in [-0.39, 0.29) is 41.8 Å². The lowest BCUT2D eigenvalue weighted by molar-refractivity contribution is -0.123. The number of hydrogen-bond acceptors (Lipinski definition) is 6. The Balaban J connectivity index is 1.69. The van der Waals surface area contributed by atoms with Crippen LogP contribution in [0.5, 0.6) is 5.75 Å². The van der Waals surface area contributed by atoms with E-state index in [4.69, 9.17) is 9.47 Å². The van der Waals surface area contributed by atoms with E-state index in [1.54, 1.807) is 30.5 Å². The van der Waals surface area contributed by atoms with Crippen LogP contribution in [0.1, 0.15) is 37.7 Å². The zero-order valence-corrected chi connectivity index (χ0v) is 14.9. The van der Waals surface area contributed by atoms with Crippen molar-refractivity contribution in [2.24, 2.45) is 0 Å². The van der Waals surface area contributed by atoms with Crippen molar-refractivity contribution in [1.29, 1.82) is 0 Å². The second-order valence-corrected chi connectivity index (χ2v) is 6.91. The Kier molecular flexibility index (Phi) is 4.90. The van der Waals surface area contributed by atoms with E-state index in [0.717, 1.165) is 24.8 Å². The molecule has 140 valence electrons. The smallest absolute Gasteiger partial charge is 0.170 e. The molecule has 27 heavy (non-hydrogen) atoms. The molecule has 1 saturated carbocycles. The summed E-state index contributed by atoms with van der Waals surface area (Å²) in [6.07, 6.45) is 4.89. The number of allylic oxidation sites excluding steroid dienone is 1. The number of carbonyl (C=O) groups excluding carboxylic acids is 2. The van der Waals surface area contributed by atoms with Gasteiger partial charge in [-0.25, -0.2) is 0 Å². The molecule has 1 atom stereocenters. The summed E-state index contributed by atoms with van der Waals surface area (Å²) in [7, 11) is 0. The molecule has 1 aromatic carbocycles. The molecule has 2 aromatic rings. The van der Waals surface area contributed by atoms with Crippen LogP contribution in [0.25, 0.3) is 16.7 Å². The van der Waals surface area contributed by atoms with Gasteiger partial charge in [-0.15, -0.1) is 0 Å². The van der Waals surface area contributed by atoms with Crippen molar-refractivity contribution in [3.8, 4) is 5.75 Å². The summed E-state index contributed by atoms with van der Waals surface area (Å²) >= 11 is 0. The fraction of sp³-hybridized carbons (Fsp3) is 0.381. The fourth-order valence-corrected chi connectivity index (χ4v) is 3.58. The summed E-state index contributed by atoms with van der Waals surface area (Å²) in [5, 5.41) is 11.3. The van der Waals surface area contributed by atoms with Crippen LogP contribution < -0.4 is 4.74 Å². The summed E-state index contributed by atoms with van der Waals surface area (Å²) in [4.78, 5) is 28.5. The Morgan fingerprint density at radius 1 is 1.19 bits per heavy atom. The summed E-state index contributed by atoms with van der Waals surface area (Å²) < 4.78 is 11.5. The highest BCUT2D eigenvalue weighted by atomic mass is 16.5. The molecular weight excluding hydrogens is 346 g/mol. The van der Waals surface area contributed by atoms with Crippen LogP contribution in [0, 0.1) is 0 Å². The minimum Gasteiger partial charge on any atom is -0.506 e. The predicted octanol–water partition coefficient (Wildman–Crippen LogP) is 3.38. The second kappa shape index (κ2) is 7.48. The standard InChI is InChI=1S/C21H21NO5/c23-17-4-1-5-18(24)20(17)21(25)13-6-7-16-15(11-13)19(8-9-22-16)27-12-14-3-2-10-26-14/h6-9,11,14,25H,1-5,10,12H2. The Bertz CT molecular complexity index is 909. The molecule has 0 radical (unpaired) electrons. The number of fused-ring (bicyclic) bond motifs is 1. The molecule has 1 saturated heterocycles. The third-order valence-electron chi connectivity index (χ3n) is 5.03. The van der Waals surface area contributed by atoms with Crippen LogP contribution in [-0.2, 0) is 14.3 Å². The van der Waals surface area contributed by atoms with E-state index < -0.39 is 0 Å². The highest BCUT2D eigenvalue weighted by molar-refractivity contribution is 6.25. The molecule has 6 heteroatoms. The largest absolute Gasteiger partial charge is 0.506 e. The lowest BCUT2D eigenvalue weighted by Crippen LogP contribution is -2.20. The van der Waals surface area contributed by atoms with Gasteiger partial charge in [0.15, 0.2) is 11.6 Å². The molecule has 1 aromatic heterocycles. The number of aliphatic hydroxyl groups excluding tert-OH is 1. The minimum absolute atomic E-state index is 0.0874. The van der Waals surface area contributed by atoms with Crippen molar-refractivity contribution in [1.82, 2.24) is 4.98 Å². The lowest BCUT2D eigenvalue weighted by atomic mass is 9.89. The van der Waals surface area contributed by atoms with Crippen LogP contribution in [-0.4, -0.2) is 41.0 Å². The molecule has 2 fully saturated rings. The van der Waals surface area contributed by atoms with E-state index in [9.17, 15) is 14.7 Å². The van der Waals surface area contributed by atoms with Gasteiger partial charge in [0, 0.05) is 36.6 Å². The van der Waals surface area contributed by atoms with Crippen LogP contribution in [0.15, 0.2) is 36.0 Å². The maximum absolute atomic E-state index is 12.1. The maximum atomic E-state index is 12.1. The monoisotopic (exact) mass is 367 g/mol. The number of hydrogen-bond donors (Lipinski definition) is 1. The predicted molar refractivity (Wildman–Crippen MR) is 99.6 cm³/mol. The lowest BCUT2D eigenvalue weighted by Gasteiger charge is -2.15. The SMILES string of the molecule is O=C1CCCC(=O)C1=C(O)c1ccc2nccc(OCC3CCCO3)c2c1. The van der Waals surface area contributed by atoms with E-state index in [1.807, 2.05) is 0 Å². The summed E-state index contributed by atoms with van der Waals surface area (Å²) in [6.45, 7) is 1.21. The molecular formula is C21H21NO5. The molecule has 0 amide bonds. The normalized spacial score (nSPS) is 20.3. The minimum atomic E-state index is -0.301. The first-order valence-electron chi connectivity index (χ1n) is 9.26. The van der Waals surface area contributed by atoms with Gasteiger partial charge in [-0.3, -0.25) is 14.6 Å². The average Bonchev–Trinajstić information content (AvgIpc) is 3.19. The topological polar surface area (TPSA) is 85.7 Å². The number of pyridine rings is 1. The summed E-state index contributed by atoms with van der Waals surface area (Å²) in [5.74, 6) is -0.230. The van der Waals surface area contributed by atoms with Gasteiger partial charge in [0.2, 0.25) is 0 Å². The first-order valence-corrected chi connectivity index (χ1v) is 9.26. The molecule has 0 bridgehead atoms. The zero-order chi connectivity index (χ0) is 18.8.